The van der Waals surface area contributed by atoms with E-state index in [1.165, 1.54) is 0 Å². The number of carboxylic acids is 1. The van der Waals surface area contributed by atoms with Gasteiger partial charge >= 0.3 is 5.97 Å². The Bertz CT molecular complexity index is 172. The summed E-state index contributed by atoms with van der Waals surface area (Å²) in [6.45, 7) is 9.23. The highest BCUT2D eigenvalue weighted by Crippen LogP contribution is 2.22. The Kier molecular flexibility index (Phi) is 4.40. The molecule has 0 amide bonds. The highest BCUT2D eigenvalue weighted by molar-refractivity contribution is 5.66. The summed E-state index contributed by atoms with van der Waals surface area (Å²) >= 11 is 0. The number of hydrogen-bond donors (Lipinski definition) is 1. The molecule has 0 bridgehead atoms. The van der Waals surface area contributed by atoms with Gasteiger partial charge in [-0.15, -0.1) is 0 Å². The molecule has 0 spiro atoms. The molecule has 1 unspecified atom stereocenters. The van der Waals surface area contributed by atoms with E-state index >= 15 is 0 Å². The fraction of sp³-hybridized carbons (Fsp3) is 0.900. The van der Waals surface area contributed by atoms with Crippen LogP contribution in [-0.4, -0.2) is 35.6 Å². The minimum atomic E-state index is -0.729. The normalized spacial score (nSPS) is 14.6. The third kappa shape index (κ3) is 4.88. The molecule has 0 aromatic carbocycles. The average Bonchev–Trinajstić information content (AvgIpc) is 1.96. The third-order valence-electron chi connectivity index (χ3n) is 2.59. The Morgan fingerprint density at radius 1 is 1.46 bits per heavy atom. The summed E-state index contributed by atoms with van der Waals surface area (Å²) in [5.74, 6) is -0.729. The van der Waals surface area contributed by atoms with E-state index in [1.807, 2.05) is 7.05 Å². The predicted molar refractivity (Wildman–Crippen MR) is 53.8 cm³/mol. The van der Waals surface area contributed by atoms with E-state index in [2.05, 4.69) is 32.6 Å². The second kappa shape index (κ2) is 4.61. The third-order valence-corrected chi connectivity index (χ3v) is 2.59. The van der Waals surface area contributed by atoms with Crippen LogP contribution in [0.3, 0.4) is 0 Å². The second-order valence-electron chi connectivity index (χ2n) is 4.67. The molecule has 3 nitrogen and oxygen atoms in total. The zero-order valence-corrected chi connectivity index (χ0v) is 9.29. The summed E-state index contributed by atoms with van der Waals surface area (Å²) in [6, 6.07) is 0.395. The number of carbonyl (C=O) groups is 1. The van der Waals surface area contributed by atoms with Crippen LogP contribution in [0.2, 0.25) is 0 Å². The van der Waals surface area contributed by atoms with Crippen molar-refractivity contribution in [3.05, 3.63) is 0 Å². The Balaban J connectivity index is 3.97. The zero-order chi connectivity index (χ0) is 10.6. The highest BCUT2D eigenvalue weighted by Gasteiger charge is 2.23. The van der Waals surface area contributed by atoms with Crippen molar-refractivity contribution in [3.8, 4) is 0 Å². The first-order valence-corrected chi connectivity index (χ1v) is 4.67. The summed E-state index contributed by atoms with van der Waals surface area (Å²) in [5, 5.41) is 8.52. The molecule has 0 radical (unpaired) electrons. The van der Waals surface area contributed by atoms with Gasteiger partial charge in [-0.3, -0.25) is 4.79 Å². The first-order chi connectivity index (χ1) is 5.75. The molecule has 0 fully saturated rings. The maximum Gasteiger partial charge on any atom is 0.304 e. The number of nitrogens with zero attached hydrogens (tertiary/aromatic N) is 1. The van der Waals surface area contributed by atoms with Crippen LogP contribution in [0.1, 0.15) is 34.1 Å². The lowest BCUT2D eigenvalue weighted by molar-refractivity contribution is -0.137. The lowest BCUT2D eigenvalue weighted by Gasteiger charge is -2.35. The molecule has 78 valence electrons. The van der Waals surface area contributed by atoms with Crippen LogP contribution in [0.5, 0.6) is 0 Å². The second-order valence-corrected chi connectivity index (χ2v) is 4.67. The van der Waals surface area contributed by atoms with Gasteiger partial charge in [0.05, 0.1) is 6.42 Å². The maximum absolute atomic E-state index is 10.3. The van der Waals surface area contributed by atoms with Crippen molar-refractivity contribution in [3.63, 3.8) is 0 Å². The Morgan fingerprint density at radius 2 is 1.92 bits per heavy atom. The number of aliphatic carboxylic acids is 1. The molecule has 0 aliphatic heterocycles. The maximum atomic E-state index is 10.3. The Labute approximate surface area is 80.7 Å². The molecule has 1 N–H and O–H groups in total. The molecule has 0 heterocycles. The fourth-order valence-corrected chi connectivity index (χ4v) is 1.13. The van der Waals surface area contributed by atoms with Crippen LogP contribution < -0.4 is 0 Å². The summed E-state index contributed by atoms with van der Waals surface area (Å²) in [5.41, 5.74) is 0.202. The molecule has 0 aliphatic rings. The van der Waals surface area contributed by atoms with E-state index in [-0.39, 0.29) is 11.8 Å². The van der Waals surface area contributed by atoms with Gasteiger partial charge in [0, 0.05) is 12.6 Å². The van der Waals surface area contributed by atoms with Gasteiger partial charge in [-0.2, -0.15) is 0 Å². The van der Waals surface area contributed by atoms with E-state index in [4.69, 9.17) is 5.11 Å². The van der Waals surface area contributed by atoms with Crippen LogP contribution in [-0.2, 0) is 4.79 Å². The lowest BCUT2D eigenvalue weighted by atomic mass is 9.87. The van der Waals surface area contributed by atoms with Crippen molar-refractivity contribution < 1.29 is 9.90 Å². The smallest absolute Gasteiger partial charge is 0.304 e. The van der Waals surface area contributed by atoms with Crippen LogP contribution >= 0.6 is 0 Å². The van der Waals surface area contributed by atoms with Crippen LogP contribution in [0, 0.1) is 5.41 Å². The molecule has 0 aromatic heterocycles. The quantitative estimate of drug-likeness (QED) is 0.730. The molecule has 1 atom stereocenters. The van der Waals surface area contributed by atoms with Crippen LogP contribution in [0.25, 0.3) is 0 Å². The summed E-state index contributed by atoms with van der Waals surface area (Å²) in [7, 11) is 1.97. The van der Waals surface area contributed by atoms with Gasteiger partial charge in [0.15, 0.2) is 0 Å². The molecule has 3 heteroatoms. The van der Waals surface area contributed by atoms with Gasteiger partial charge in [0.2, 0.25) is 0 Å². The first kappa shape index (κ1) is 12.4. The molecular weight excluding hydrogens is 166 g/mol. The molecule has 0 rings (SSSR count). The average molecular weight is 187 g/mol. The van der Waals surface area contributed by atoms with Gasteiger partial charge < -0.3 is 10.0 Å². The van der Waals surface area contributed by atoms with Gasteiger partial charge in [0.1, 0.15) is 0 Å². The highest BCUT2D eigenvalue weighted by atomic mass is 16.4. The van der Waals surface area contributed by atoms with Crippen LogP contribution in [0.15, 0.2) is 0 Å². The predicted octanol–water partition coefficient (Wildman–Crippen LogP) is 1.83. The van der Waals surface area contributed by atoms with Crippen molar-refractivity contribution in [1.82, 2.24) is 4.90 Å². The molecule has 0 saturated heterocycles. The van der Waals surface area contributed by atoms with Gasteiger partial charge in [-0.1, -0.05) is 20.8 Å². The van der Waals surface area contributed by atoms with Crippen molar-refractivity contribution >= 4 is 5.97 Å². The molecule has 0 saturated carbocycles. The molecule has 0 aromatic rings. The standard InChI is InChI=1S/C10H21NO2/c1-8(10(2,3)4)11(5)7-6-9(12)13/h8H,6-7H2,1-5H3,(H,12,13). The van der Waals surface area contributed by atoms with E-state index in [1.54, 1.807) is 0 Å². The van der Waals surface area contributed by atoms with Crippen molar-refractivity contribution in [2.75, 3.05) is 13.6 Å². The molecular formula is C10H21NO2. The summed E-state index contributed by atoms with van der Waals surface area (Å²) in [6.07, 6.45) is 0.219. The van der Waals surface area contributed by atoms with E-state index in [0.29, 0.717) is 12.6 Å². The minimum absolute atomic E-state index is 0.202. The zero-order valence-electron chi connectivity index (χ0n) is 9.29. The number of rotatable bonds is 4. The molecule has 13 heavy (non-hydrogen) atoms. The van der Waals surface area contributed by atoms with Crippen molar-refractivity contribution in [1.29, 1.82) is 0 Å². The number of carboxylic acid groups (broad SMARTS) is 1. The van der Waals surface area contributed by atoms with Crippen molar-refractivity contribution in [2.24, 2.45) is 5.41 Å². The SMILES string of the molecule is CC(N(C)CCC(=O)O)C(C)(C)C. The van der Waals surface area contributed by atoms with E-state index < -0.39 is 5.97 Å². The summed E-state index contributed by atoms with van der Waals surface area (Å²) < 4.78 is 0. The summed E-state index contributed by atoms with van der Waals surface area (Å²) in [4.78, 5) is 12.4. The topological polar surface area (TPSA) is 40.5 Å². The first-order valence-electron chi connectivity index (χ1n) is 4.67. The van der Waals surface area contributed by atoms with E-state index in [9.17, 15) is 4.79 Å². The number of hydrogen-bond acceptors (Lipinski definition) is 2. The van der Waals surface area contributed by atoms with E-state index in [0.717, 1.165) is 0 Å². The van der Waals surface area contributed by atoms with Crippen LogP contribution in [0.4, 0.5) is 0 Å². The molecule has 0 aliphatic carbocycles. The largest absolute Gasteiger partial charge is 0.481 e. The monoisotopic (exact) mass is 187 g/mol. The van der Waals surface area contributed by atoms with Gasteiger partial charge in [-0.05, 0) is 19.4 Å². The van der Waals surface area contributed by atoms with Gasteiger partial charge in [-0.25, -0.2) is 0 Å². The fourth-order valence-electron chi connectivity index (χ4n) is 1.13. The Morgan fingerprint density at radius 3 is 2.23 bits per heavy atom. The van der Waals surface area contributed by atoms with Crippen molar-refractivity contribution in [2.45, 2.75) is 40.2 Å². The lowest BCUT2D eigenvalue weighted by Crippen LogP contribution is -2.40. The minimum Gasteiger partial charge on any atom is -0.481 e. The van der Waals surface area contributed by atoms with Gasteiger partial charge in [0.25, 0.3) is 0 Å². The Hall–Kier alpha value is -0.570.